The second kappa shape index (κ2) is 6.36. The minimum absolute atomic E-state index is 0.277. The molecule has 1 unspecified atom stereocenters. The van der Waals surface area contributed by atoms with E-state index in [0.29, 0.717) is 0 Å². The number of aryl methyl sites for hydroxylation is 1. The first kappa shape index (κ1) is 15.8. The van der Waals surface area contributed by atoms with Crippen LogP contribution in [0.25, 0.3) is 22.0 Å². The van der Waals surface area contributed by atoms with Gasteiger partial charge in [-0.25, -0.2) is 0 Å². The molecule has 26 heavy (non-hydrogen) atoms. The number of benzene rings is 1. The van der Waals surface area contributed by atoms with Crippen molar-refractivity contribution in [3.8, 4) is 11.1 Å². The molecule has 5 rings (SSSR count). The Bertz CT molecular complexity index is 951. The van der Waals surface area contributed by atoms with Crippen LogP contribution in [0.2, 0.25) is 0 Å². The fraction of sp³-hybridized carbons (Fsp3) is 0.364. The zero-order chi connectivity index (χ0) is 17.5. The van der Waals surface area contributed by atoms with Crippen molar-refractivity contribution in [3.05, 3.63) is 54.0 Å². The number of aromatic nitrogens is 2. The minimum Gasteiger partial charge on any atom is -0.369 e. The zero-order valence-corrected chi connectivity index (χ0v) is 15.0. The Morgan fingerprint density at radius 2 is 2.00 bits per heavy atom. The van der Waals surface area contributed by atoms with E-state index in [2.05, 4.69) is 34.1 Å². The topological polar surface area (TPSA) is 55.0 Å². The number of nitrogens with two attached hydrogens (primary N) is 1. The Kier molecular flexibility index (Phi) is 3.86. The molecule has 1 aliphatic carbocycles. The Morgan fingerprint density at radius 1 is 1.08 bits per heavy atom. The first-order chi connectivity index (χ1) is 12.8. The Hall–Kier alpha value is -2.46. The van der Waals surface area contributed by atoms with E-state index in [4.69, 9.17) is 10.7 Å². The Balaban J connectivity index is 1.73. The summed E-state index contributed by atoms with van der Waals surface area (Å²) in [6, 6.07) is 11.0. The predicted molar refractivity (Wildman–Crippen MR) is 106 cm³/mol. The fourth-order valence-electron chi connectivity index (χ4n) is 4.46. The summed E-state index contributed by atoms with van der Waals surface area (Å²) >= 11 is 0. The van der Waals surface area contributed by atoms with E-state index in [1.807, 2.05) is 18.5 Å². The third-order valence-electron chi connectivity index (χ3n) is 5.77. The second-order valence-corrected chi connectivity index (χ2v) is 7.56. The van der Waals surface area contributed by atoms with Gasteiger partial charge in [0.25, 0.3) is 0 Å². The van der Waals surface area contributed by atoms with Gasteiger partial charge in [0.1, 0.15) is 0 Å². The molecule has 1 atom stereocenters. The third-order valence-corrected chi connectivity index (χ3v) is 5.77. The largest absolute Gasteiger partial charge is 0.369 e. The van der Waals surface area contributed by atoms with Crippen molar-refractivity contribution < 1.29 is 0 Å². The highest BCUT2D eigenvalue weighted by Crippen LogP contribution is 2.38. The van der Waals surface area contributed by atoms with Crippen LogP contribution in [0.5, 0.6) is 0 Å². The van der Waals surface area contributed by atoms with Crippen LogP contribution in [0.15, 0.2) is 42.7 Å². The molecule has 2 aliphatic rings. The van der Waals surface area contributed by atoms with Gasteiger partial charge in [0, 0.05) is 48.2 Å². The molecule has 4 heteroatoms. The number of fused-ring (bicyclic) bond motifs is 2. The van der Waals surface area contributed by atoms with Gasteiger partial charge in [-0.2, -0.15) is 0 Å². The summed E-state index contributed by atoms with van der Waals surface area (Å²) in [7, 11) is 0. The Labute approximate surface area is 154 Å². The molecular weight excluding hydrogens is 320 g/mol. The monoisotopic (exact) mass is 344 g/mol. The number of hydrogen-bond acceptors (Lipinski definition) is 4. The molecule has 0 spiro atoms. The molecule has 3 aromatic rings. The van der Waals surface area contributed by atoms with Crippen molar-refractivity contribution in [2.45, 2.75) is 38.1 Å². The van der Waals surface area contributed by atoms with Gasteiger partial charge in [-0.3, -0.25) is 9.97 Å². The molecule has 1 saturated heterocycles. The quantitative estimate of drug-likeness (QED) is 0.770. The molecule has 1 aliphatic heterocycles. The molecule has 0 amide bonds. The zero-order valence-electron chi connectivity index (χ0n) is 15.0. The van der Waals surface area contributed by atoms with Crippen molar-refractivity contribution in [1.29, 1.82) is 0 Å². The van der Waals surface area contributed by atoms with Gasteiger partial charge < -0.3 is 10.6 Å². The average Bonchev–Trinajstić information content (AvgIpc) is 3.12. The van der Waals surface area contributed by atoms with Gasteiger partial charge in [0.05, 0.1) is 11.2 Å². The molecule has 0 bridgehead atoms. The van der Waals surface area contributed by atoms with E-state index in [-0.39, 0.29) is 6.04 Å². The average molecular weight is 344 g/mol. The maximum absolute atomic E-state index is 6.24. The van der Waals surface area contributed by atoms with Crippen molar-refractivity contribution in [3.63, 3.8) is 0 Å². The van der Waals surface area contributed by atoms with Gasteiger partial charge in [0.2, 0.25) is 0 Å². The highest BCUT2D eigenvalue weighted by atomic mass is 15.2. The van der Waals surface area contributed by atoms with Gasteiger partial charge in [-0.15, -0.1) is 0 Å². The molecule has 0 saturated carbocycles. The fourth-order valence-corrected chi connectivity index (χ4v) is 4.46. The summed E-state index contributed by atoms with van der Waals surface area (Å²) in [5.74, 6) is 0. The molecule has 1 aromatic carbocycles. The van der Waals surface area contributed by atoms with Crippen LogP contribution < -0.4 is 10.6 Å². The summed E-state index contributed by atoms with van der Waals surface area (Å²) in [5.41, 5.74) is 13.8. The molecule has 3 heterocycles. The standard InChI is InChI=1S/C22H24N4/c23-17-9-11-26(14-17)22-18-5-1-2-6-20(18)25-21-8-7-15(12-19(21)22)16-4-3-10-24-13-16/h3-4,7-8,10,12-13,17H,1-2,5-6,9,11,14,23H2. The number of nitrogens with zero attached hydrogens (tertiary/aromatic N) is 3. The van der Waals surface area contributed by atoms with Crippen LogP contribution >= 0.6 is 0 Å². The lowest BCUT2D eigenvalue weighted by molar-refractivity contribution is 0.668. The molecule has 0 radical (unpaired) electrons. The van der Waals surface area contributed by atoms with Crippen LogP contribution in [0.3, 0.4) is 0 Å². The van der Waals surface area contributed by atoms with E-state index >= 15 is 0 Å². The van der Waals surface area contributed by atoms with Crippen LogP contribution in [0.1, 0.15) is 30.5 Å². The normalized spacial score (nSPS) is 19.7. The second-order valence-electron chi connectivity index (χ2n) is 7.56. The summed E-state index contributed by atoms with van der Waals surface area (Å²) in [5, 5.41) is 1.26. The van der Waals surface area contributed by atoms with E-state index < -0.39 is 0 Å². The SMILES string of the molecule is NC1CCN(c2c3c(nc4ccc(-c5cccnc5)cc24)CCCC3)C1. The first-order valence-corrected chi connectivity index (χ1v) is 9.66. The van der Waals surface area contributed by atoms with Crippen LogP contribution in [0, 0.1) is 0 Å². The lowest BCUT2D eigenvalue weighted by Gasteiger charge is -2.28. The molecule has 2 aromatic heterocycles. The van der Waals surface area contributed by atoms with E-state index in [1.165, 1.54) is 40.7 Å². The van der Waals surface area contributed by atoms with Gasteiger partial charge >= 0.3 is 0 Å². The van der Waals surface area contributed by atoms with Crippen molar-refractivity contribution in [1.82, 2.24) is 9.97 Å². The summed E-state index contributed by atoms with van der Waals surface area (Å²) in [6.45, 7) is 1.99. The molecule has 132 valence electrons. The lowest BCUT2D eigenvalue weighted by atomic mass is 9.91. The number of pyridine rings is 2. The smallest absolute Gasteiger partial charge is 0.0726 e. The molecular formula is C22H24N4. The maximum atomic E-state index is 6.24. The lowest BCUT2D eigenvalue weighted by Crippen LogP contribution is -2.28. The number of rotatable bonds is 2. The Morgan fingerprint density at radius 3 is 2.81 bits per heavy atom. The third kappa shape index (κ3) is 2.65. The van der Waals surface area contributed by atoms with Crippen LogP contribution in [-0.2, 0) is 12.8 Å². The molecule has 2 N–H and O–H groups in total. The predicted octanol–water partition coefficient (Wildman–Crippen LogP) is 3.71. The molecule has 4 nitrogen and oxygen atoms in total. The summed E-state index contributed by atoms with van der Waals surface area (Å²) < 4.78 is 0. The number of anilines is 1. The molecule has 1 fully saturated rings. The van der Waals surface area contributed by atoms with Crippen LogP contribution in [-0.4, -0.2) is 29.1 Å². The van der Waals surface area contributed by atoms with Crippen molar-refractivity contribution >= 4 is 16.6 Å². The maximum Gasteiger partial charge on any atom is 0.0726 e. The number of hydrogen-bond donors (Lipinski definition) is 1. The van der Waals surface area contributed by atoms with Gasteiger partial charge in [-0.05, 0) is 61.4 Å². The highest BCUT2D eigenvalue weighted by molar-refractivity contribution is 5.97. The highest BCUT2D eigenvalue weighted by Gasteiger charge is 2.26. The van der Waals surface area contributed by atoms with Crippen LogP contribution in [0.4, 0.5) is 5.69 Å². The van der Waals surface area contributed by atoms with Crippen molar-refractivity contribution in [2.24, 2.45) is 5.73 Å². The van der Waals surface area contributed by atoms with Crippen molar-refractivity contribution in [2.75, 3.05) is 18.0 Å². The first-order valence-electron chi connectivity index (χ1n) is 9.66. The van der Waals surface area contributed by atoms with E-state index in [1.54, 1.807) is 0 Å². The summed E-state index contributed by atoms with van der Waals surface area (Å²) in [4.78, 5) is 11.8. The minimum atomic E-state index is 0.277. The van der Waals surface area contributed by atoms with E-state index in [9.17, 15) is 0 Å². The van der Waals surface area contributed by atoms with E-state index in [0.717, 1.165) is 43.4 Å². The van der Waals surface area contributed by atoms with Gasteiger partial charge in [0.15, 0.2) is 0 Å². The van der Waals surface area contributed by atoms with Gasteiger partial charge in [-0.1, -0.05) is 12.1 Å². The summed E-state index contributed by atoms with van der Waals surface area (Å²) in [6.07, 6.45) is 9.56.